The van der Waals surface area contributed by atoms with E-state index in [1.165, 1.54) is 14.5 Å². The molecule has 80 valence electrons. The minimum Gasteiger partial charge on any atom is -0.374 e. The summed E-state index contributed by atoms with van der Waals surface area (Å²) in [6.07, 6.45) is 2.24. The van der Waals surface area contributed by atoms with Gasteiger partial charge in [-0.25, -0.2) is 0 Å². The number of hydrogen-bond acceptors (Lipinski definition) is 0. The Kier molecular flexibility index (Phi) is 2.90. The number of fused-ring (bicyclic) bond motifs is 1. The Hall–Kier alpha value is -0.00312. The van der Waals surface area contributed by atoms with Crippen molar-refractivity contribution in [3.05, 3.63) is 33.0 Å². The van der Waals surface area contributed by atoms with Crippen LogP contribution in [0.3, 0.4) is 0 Å². The molecule has 1 nitrogen and oxygen atoms in total. The summed E-state index contributed by atoms with van der Waals surface area (Å²) >= 11 is 8.44. The Labute approximate surface area is 110 Å². The summed E-state index contributed by atoms with van der Waals surface area (Å²) < 4.78 is 3.72. The van der Waals surface area contributed by atoms with Crippen molar-refractivity contribution < 1.29 is 0 Å². The van der Waals surface area contributed by atoms with Gasteiger partial charge in [0.25, 0.3) is 0 Å². The minimum absolute atomic E-state index is 0.816. The molecule has 1 aromatic heterocycles. The zero-order valence-electron chi connectivity index (χ0n) is 9.01. The van der Waals surface area contributed by atoms with Crippen LogP contribution >= 0.6 is 34.2 Å². The number of halogens is 2. The van der Waals surface area contributed by atoms with Crippen LogP contribution in [-0.4, -0.2) is 12.5 Å². The third-order valence-corrected chi connectivity index (χ3v) is 5.35. The smallest absolute Gasteiger partial charge is 0.152 e. The van der Waals surface area contributed by atoms with Gasteiger partial charge < -0.3 is 4.23 Å². The highest BCUT2D eigenvalue weighted by Gasteiger charge is 2.19. The Balaban J connectivity index is 2.81. The van der Waals surface area contributed by atoms with Crippen molar-refractivity contribution in [2.24, 2.45) is 0 Å². The molecule has 0 unspecified atom stereocenters. The van der Waals surface area contributed by atoms with E-state index in [4.69, 9.17) is 11.6 Å². The van der Waals surface area contributed by atoms with Crippen LogP contribution in [0.15, 0.2) is 24.4 Å². The third kappa shape index (κ3) is 2.10. The summed E-state index contributed by atoms with van der Waals surface area (Å²) in [6.45, 7) is 7.01. The number of benzene rings is 1. The molecule has 0 fully saturated rings. The van der Waals surface area contributed by atoms with Gasteiger partial charge in [-0.3, -0.25) is 0 Å². The maximum absolute atomic E-state index is 6.05. The molecule has 0 spiro atoms. The summed E-state index contributed by atoms with van der Waals surface area (Å²) in [5.74, 6) is 0. The fourth-order valence-corrected chi connectivity index (χ4v) is 4.30. The second-order valence-electron chi connectivity index (χ2n) is 4.68. The van der Waals surface area contributed by atoms with Crippen LogP contribution in [0.2, 0.25) is 24.7 Å². The number of rotatable bonds is 1. The normalized spacial score (nSPS) is 12.3. The minimum atomic E-state index is -1.35. The second kappa shape index (κ2) is 3.78. The first-order valence-corrected chi connectivity index (χ1v) is 9.76. The average molecular weight is 350 g/mol. The van der Waals surface area contributed by atoms with Crippen LogP contribution in [0.1, 0.15) is 0 Å². The number of aromatic nitrogens is 1. The fraction of sp³-hybridized carbons (Fsp3) is 0.273. The van der Waals surface area contributed by atoms with Gasteiger partial charge in [0.15, 0.2) is 8.24 Å². The van der Waals surface area contributed by atoms with Crippen LogP contribution in [0.25, 0.3) is 10.9 Å². The Morgan fingerprint density at radius 2 is 1.93 bits per heavy atom. The lowest BCUT2D eigenvalue weighted by Crippen LogP contribution is -2.30. The molecule has 0 radical (unpaired) electrons. The molecule has 4 heteroatoms. The number of nitrogens with zero attached hydrogens (tertiary/aromatic N) is 1. The third-order valence-electron chi connectivity index (χ3n) is 2.44. The van der Waals surface area contributed by atoms with Crippen LogP contribution in [0.5, 0.6) is 0 Å². The van der Waals surface area contributed by atoms with Gasteiger partial charge in [-0.1, -0.05) is 37.3 Å². The van der Waals surface area contributed by atoms with Gasteiger partial charge in [-0.2, -0.15) is 0 Å². The molecule has 0 bridgehead atoms. The van der Waals surface area contributed by atoms with Crippen LogP contribution in [0.4, 0.5) is 0 Å². The van der Waals surface area contributed by atoms with Gasteiger partial charge in [-0.15, -0.1) is 0 Å². The SMILES string of the molecule is C[Si](C)(C)n1cc(I)c2ccc(Cl)cc21. The monoisotopic (exact) mass is 349 g/mol. The molecule has 0 saturated heterocycles. The molecule has 0 aliphatic rings. The highest BCUT2D eigenvalue weighted by molar-refractivity contribution is 14.1. The maximum atomic E-state index is 6.05. The lowest BCUT2D eigenvalue weighted by atomic mass is 10.2. The van der Waals surface area contributed by atoms with Gasteiger partial charge in [0.1, 0.15) is 0 Å². The van der Waals surface area contributed by atoms with Gasteiger partial charge in [0.2, 0.25) is 0 Å². The summed E-state index contributed by atoms with van der Waals surface area (Å²) in [5, 5.41) is 2.12. The van der Waals surface area contributed by atoms with E-state index in [0.717, 1.165) is 5.02 Å². The number of hydrogen-bond donors (Lipinski definition) is 0. The summed E-state index contributed by atoms with van der Waals surface area (Å²) in [4.78, 5) is 0. The summed E-state index contributed by atoms with van der Waals surface area (Å²) in [6, 6.07) is 6.13. The molecular formula is C11H13ClINSi. The molecule has 1 heterocycles. The van der Waals surface area contributed by atoms with Crippen molar-refractivity contribution in [2.75, 3.05) is 0 Å². The van der Waals surface area contributed by atoms with E-state index in [0.29, 0.717) is 0 Å². The van der Waals surface area contributed by atoms with E-state index in [1.807, 2.05) is 6.07 Å². The molecule has 0 aliphatic carbocycles. The molecule has 0 amide bonds. The molecule has 2 rings (SSSR count). The standard InChI is InChI=1S/C11H13ClINSi/c1-15(2,3)14-7-10(13)9-5-4-8(12)6-11(9)14/h4-7H,1-3H3. The van der Waals surface area contributed by atoms with Gasteiger partial charge in [-0.05, 0) is 34.7 Å². The molecule has 0 N–H and O–H groups in total. The highest BCUT2D eigenvalue weighted by Crippen LogP contribution is 2.28. The lowest BCUT2D eigenvalue weighted by Gasteiger charge is -2.19. The van der Waals surface area contributed by atoms with Crippen LogP contribution in [-0.2, 0) is 0 Å². The van der Waals surface area contributed by atoms with E-state index in [-0.39, 0.29) is 0 Å². The summed E-state index contributed by atoms with van der Waals surface area (Å²) in [7, 11) is -1.35. The van der Waals surface area contributed by atoms with Crippen molar-refractivity contribution in [2.45, 2.75) is 19.6 Å². The Morgan fingerprint density at radius 1 is 1.27 bits per heavy atom. The first-order valence-electron chi connectivity index (χ1n) is 4.86. The second-order valence-corrected chi connectivity index (χ2v) is 11.1. The lowest BCUT2D eigenvalue weighted by molar-refractivity contribution is 1.20. The zero-order valence-corrected chi connectivity index (χ0v) is 12.9. The van der Waals surface area contributed by atoms with E-state index in [2.05, 4.69) is 64.8 Å². The van der Waals surface area contributed by atoms with Crippen molar-refractivity contribution in [1.29, 1.82) is 0 Å². The van der Waals surface area contributed by atoms with Crippen molar-refractivity contribution in [3.63, 3.8) is 0 Å². The predicted molar refractivity (Wildman–Crippen MR) is 78.4 cm³/mol. The molecule has 0 aliphatic heterocycles. The van der Waals surface area contributed by atoms with E-state index < -0.39 is 8.24 Å². The quantitative estimate of drug-likeness (QED) is 0.524. The molecule has 15 heavy (non-hydrogen) atoms. The fourth-order valence-electron chi connectivity index (χ4n) is 1.71. The Morgan fingerprint density at radius 3 is 2.53 bits per heavy atom. The summed E-state index contributed by atoms with van der Waals surface area (Å²) in [5.41, 5.74) is 1.27. The first kappa shape index (κ1) is 11.5. The first-order chi connectivity index (χ1) is 6.89. The zero-order chi connectivity index (χ0) is 11.2. The van der Waals surface area contributed by atoms with Gasteiger partial charge in [0, 0.05) is 25.7 Å². The van der Waals surface area contributed by atoms with Gasteiger partial charge in [0.05, 0.1) is 0 Å². The molecule has 2 aromatic rings. The van der Waals surface area contributed by atoms with Gasteiger partial charge >= 0.3 is 0 Å². The van der Waals surface area contributed by atoms with E-state index in [9.17, 15) is 0 Å². The van der Waals surface area contributed by atoms with Crippen molar-refractivity contribution in [3.8, 4) is 0 Å². The van der Waals surface area contributed by atoms with Crippen LogP contribution in [0, 0.1) is 3.57 Å². The van der Waals surface area contributed by atoms with Crippen molar-refractivity contribution in [1.82, 2.24) is 4.23 Å². The molecule has 1 aromatic carbocycles. The molecular weight excluding hydrogens is 337 g/mol. The predicted octanol–water partition coefficient (Wildman–Crippen LogP) is 4.58. The largest absolute Gasteiger partial charge is 0.374 e. The highest BCUT2D eigenvalue weighted by atomic mass is 127. The van der Waals surface area contributed by atoms with E-state index >= 15 is 0 Å². The molecule has 0 atom stereocenters. The van der Waals surface area contributed by atoms with Crippen LogP contribution < -0.4 is 0 Å². The van der Waals surface area contributed by atoms with E-state index in [1.54, 1.807) is 0 Å². The van der Waals surface area contributed by atoms with Crippen molar-refractivity contribution >= 4 is 53.3 Å². The topological polar surface area (TPSA) is 4.93 Å². The average Bonchev–Trinajstić information content (AvgIpc) is 2.42. The Bertz CT molecular complexity index is 513. The molecule has 0 saturated carbocycles. The maximum Gasteiger partial charge on any atom is 0.152 e.